The van der Waals surface area contributed by atoms with E-state index in [0.717, 1.165) is 44.5 Å². The molecular formula is C25H20N6S. The Morgan fingerprint density at radius 3 is 2.66 bits per heavy atom. The standard InChI is InChI=1S/C25H20N6S/c1-16-21(12-27-30-16)18-6-7-22-23(11-18)32-25(28-22)29-24-10-17(8-9-26-24)13-31-14-19-4-2-3-5-20(19)15-31/h2-12,14-15H,13H2,1H3,(H,27,30)(H,26,28,29). The van der Waals surface area contributed by atoms with Crippen molar-refractivity contribution in [2.75, 3.05) is 5.32 Å². The van der Waals surface area contributed by atoms with Crippen LogP contribution in [-0.4, -0.2) is 24.7 Å². The van der Waals surface area contributed by atoms with Gasteiger partial charge < -0.3 is 9.88 Å². The summed E-state index contributed by atoms with van der Waals surface area (Å²) in [6.07, 6.45) is 8.05. The van der Waals surface area contributed by atoms with Crippen molar-refractivity contribution in [3.63, 3.8) is 0 Å². The number of aromatic nitrogens is 5. The third kappa shape index (κ3) is 3.52. The van der Waals surface area contributed by atoms with E-state index in [1.54, 1.807) is 11.3 Å². The molecule has 0 saturated carbocycles. The zero-order valence-corrected chi connectivity index (χ0v) is 18.2. The summed E-state index contributed by atoms with van der Waals surface area (Å²) in [6, 6.07) is 18.8. The minimum Gasteiger partial charge on any atom is -0.349 e. The number of nitrogens with zero attached hydrogens (tertiary/aromatic N) is 4. The Morgan fingerprint density at radius 1 is 1.03 bits per heavy atom. The molecule has 0 fully saturated rings. The van der Waals surface area contributed by atoms with E-state index in [9.17, 15) is 0 Å². The number of hydrogen-bond donors (Lipinski definition) is 2. The maximum Gasteiger partial charge on any atom is 0.189 e. The Kier molecular flexibility index (Phi) is 4.47. The highest BCUT2D eigenvalue weighted by molar-refractivity contribution is 7.22. The van der Waals surface area contributed by atoms with E-state index >= 15 is 0 Å². The molecule has 2 aromatic carbocycles. The Labute approximate surface area is 188 Å². The molecule has 0 radical (unpaired) electrons. The number of aromatic amines is 1. The van der Waals surface area contributed by atoms with Crippen LogP contribution in [0.15, 0.2) is 79.4 Å². The Balaban J connectivity index is 1.24. The average Bonchev–Trinajstić information content (AvgIpc) is 3.50. The van der Waals surface area contributed by atoms with Crippen molar-refractivity contribution in [3.8, 4) is 11.1 Å². The zero-order chi connectivity index (χ0) is 21.5. The molecule has 0 aliphatic rings. The van der Waals surface area contributed by atoms with Crippen molar-refractivity contribution in [1.82, 2.24) is 24.7 Å². The number of thiazole rings is 1. The number of H-pyrrole nitrogens is 1. The molecule has 0 aliphatic carbocycles. The number of anilines is 2. The third-order valence-corrected chi connectivity index (χ3v) is 6.49. The van der Waals surface area contributed by atoms with Gasteiger partial charge in [0.1, 0.15) is 5.82 Å². The minimum absolute atomic E-state index is 0.791. The smallest absolute Gasteiger partial charge is 0.189 e. The van der Waals surface area contributed by atoms with Gasteiger partial charge in [0.05, 0.1) is 16.4 Å². The molecule has 0 unspecified atom stereocenters. The first kappa shape index (κ1) is 18.8. The van der Waals surface area contributed by atoms with Crippen molar-refractivity contribution in [1.29, 1.82) is 0 Å². The van der Waals surface area contributed by atoms with Crippen LogP contribution in [0.5, 0.6) is 0 Å². The molecular weight excluding hydrogens is 416 g/mol. The van der Waals surface area contributed by atoms with Gasteiger partial charge in [-0.2, -0.15) is 5.10 Å². The number of fused-ring (bicyclic) bond motifs is 2. The van der Waals surface area contributed by atoms with E-state index in [0.29, 0.717) is 0 Å². The fraction of sp³-hybridized carbons (Fsp3) is 0.0800. The topological polar surface area (TPSA) is 71.4 Å². The molecule has 4 aromatic heterocycles. The molecule has 2 N–H and O–H groups in total. The molecule has 0 amide bonds. The molecule has 7 heteroatoms. The van der Waals surface area contributed by atoms with Gasteiger partial charge in [-0.1, -0.05) is 41.7 Å². The lowest BCUT2D eigenvalue weighted by atomic mass is 10.1. The highest BCUT2D eigenvalue weighted by Crippen LogP contribution is 2.32. The second kappa shape index (κ2) is 7.62. The molecule has 0 atom stereocenters. The van der Waals surface area contributed by atoms with Crippen LogP contribution in [0.3, 0.4) is 0 Å². The van der Waals surface area contributed by atoms with Crippen LogP contribution < -0.4 is 5.32 Å². The number of pyridine rings is 1. The second-order valence-corrected chi connectivity index (χ2v) is 8.87. The molecule has 0 bridgehead atoms. The molecule has 0 aliphatic heterocycles. The summed E-state index contributed by atoms with van der Waals surface area (Å²) >= 11 is 1.62. The normalized spacial score (nSPS) is 11.4. The van der Waals surface area contributed by atoms with Crippen LogP contribution >= 0.6 is 11.3 Å². The van der Waals surface area contributed by atoms with Crippen LogP contribution in [-0.2, 0) is 6.54 Å². The monoisotopic (exact) mass is 436 g/mol. The van der Waals surface area contributed by atoms with Crippen molar-refractivity contribution in [2.24, 2.45) is 0 Å². The fourth-order valence-corrected chi connectivity index (χ4v) is 4.89. The lowest BCUT2D eigenvalue weighted by Crippen LogP contribution is -1.99. The zero-order valence-electron chi connectivity index (χ0n) is 17.4. The van der Waals surface area contributed by atoms with Gasteiger partial charge in [-0.15, -0.1) is 0 Å². The maximum absolute atomic E-state index is 4.73. The average molecular weight is 437 g/mol. The van der Waals surface area contributed by atoms with Crippen molar-refractivity contribution in [2.45, 2.75) is 13.5 Å². The predicted octanol–water partition coefficient (Wildman–Crippen LogP) is 6.14. The largest absolute Gasteiger partial charge is 0.349 e. The van der Waals surface area contributed by atoms with Gasteiger partial charge in [0, 0.05) is 36.4 Å². The summed E-state index contributed by atoms with van der Waals surface area (Å²) < 4.78 is 3.33. The number of benzene rings is 2. The first-order chi connectivity index (χ1) is 15.7. The summed E-state index contributed by atoms with van der Waals surface area (Å²) in [5.74, 6) is 0.796. The first-order valence-electron chi connectivity index (χ1n) is 10.4. The van der Waals surface area contributed by atoms with Crippen molar-refractivity contribution in [3.05, 3.63) is 90.6 Å². The van der Waals surface area contributed by atoms with Crippen molar-refractivity contribution >= 4 is 43.3 Å². The van der Waals surface area contributed by atoms with Crippen LogP contribution in [0.1, 0.15) is 11.3 Å². The predicted molar refractivity (Wildman–Crippen MR) is 130 cm³/mol. The summed E-state index contributed by atoms with van der Waals surface area (Å²) in [7, 11) is 0. The van der Waals surface area contributed by atoms with Gasteiger partial charge in [0.2, 0.25) is 0 Å². The van der Waals surface area contributed by atoms with Crippen LogP contribution in [0.25, 0.3) is 32.1 Å². The Hall–Kier alpha value is -3.97. The third-order valence-electron chi connectivity index (χ3n) is 5.56. The molecule has 156 valence electrons. The van der Waals surface area contributed by atoms with E-state index in [2.05, 4.69) is 86.0 Å². The van der Waals surface area contributed by atoms with E-state index in [1.807, 2.05) is 25.4 Å². The van der Waals surface area contributed by atoms with Gasteiger partial charge in [0.25, 0.3) is 0 Å². The molecule has 6 aromatic rings. The Morgan fingerprint density at radius 2 is 1.88 bits per heavy atom. The summed E-state index contributed by atoms with van der Waals surface area (Å²) in [6.45, 7) is 2.82. The van der Waals surface area contributed by atoms with E-state index in [4.69, 9.17) is 4.98 Å². The lowest BCUT2D eigenvalue weighted by molar-refractivity contribution is 0.809. The van der Waals surface area contributed by atoms with Gasteiger partial charge in [-0.05, 0) is 53.1 Å². The molecule has 0 spiro atoms. The van der Waals surface area contributed by atoms with Gasteiger partial charge in [-0.3, -0.25) is 5.10 Å². The highest BCUT2D eigenvalue weighted by Gasteiger charge is 2.09. The summed E-state index contributed by atoms with van der Waals surface area (Å²) in [5, 5.41) is 13.8. The van der Waals surface area contributed by atoms with Crippen LogP contribution in [0.4, 0.5) is 10.9 Å². The fourth-order valence-electron chi connectivity index (χ4n) is 3.98. The summed E-state index contributed by atoms with van der Waals surface area (Å²) in [5.41, 5.74) is 5.46. The van der Waals surface area contributed by atoms with Gasteiger partial charge in [0.15, 0.2) is 5.13 Å². The van der Waals surface area contributed by atoms with E-state index in [1.165, 1.54) is 16.3 Å². The summed E-state index contributed by atoms with van der Waals surface area (Å²) in [4.78, 5) is 9.23. The van der Waals surface area contributed by atoms with Gasteiger partial charge >= 0.3 is 0 Å². The number of nitrogens with one attached hydrogen (secondary N) is 2. The van der Waals surface area contributed by atoms with Crippen molar-refractivity contribution < 1.29 is 0 Å². The molecule has 0 saturated heterocycles. The number of aryl methyl sites for hydroxylation is 1. The first-order valence-corrected chi connectivity index (χ1v) is 11.2. The maximum atomic E-state index is 4.73. The van der Waals surface area contributed by atoms with Crippen LogP contribution in [0.2, 0.25) is 0 Å². The molecule has 6 rings (SSSR count). The number of hydrogen-bond acceptors (Lipinski definition) is 5. The second-order valence-electron chi connectivity index (χ2n) is 7.84. The molecule has 32 heavy (non-hydrogen) atoms. The van der Waals surface area contributed by atoms with E-state index in [-0.39, 0.29) is 0 Å². The Bertz CT molecular complexity index is 1520. The minimum atomic E-state index is 0.791. The van der Waals surface area contributed by atoms with Crippen LogP contribution in [0, 0.1) is 6.92 Å². The lowest BCUT2D eigenvalue weighted by Gasteiger charge is -2.06. The van der Waals surface area contributed by atoms with Gasteiger partial charge in [-0.25, -0.2) is 9.97 Å². The highest BCUT2D eigenvalue weighted by atomic mass is 32.1. The SMILES string of the molecule is Cc1[nH]ncc1-c1ccc2nc(Nc3cc(Cn4cc5ccccc5c4)ccn3)sc2c1. The quantitative estimate of drug-likeness (QED) is 0.341. The van der Waals surface area contributed by atoms with E-state index < -0.39 is 0 Å². The molecule has 4 heterocycles. The number of rotatable bonds is 5. The molecule has 6 nitrogen and oxygen atoms in total.